The number of rotatable bonds is 4. The van der Waals surface area contributed by atoms with Gasteiger partial charge in [0.1, 0.15) is 0 Å². The minimum Gasteiger partial charge on any atom is -0.480 e. The molecular formula is C6H8O5S. The molecule has 0 aromatic heterocycles. The molecule has 0 bridgehead atoms. The van der Waals surface area contributed by atoms with Gasteiger partial charge in [-0.05, 0) is 6.42 Å². The third-order valence-corrected chi connectivity index (χ3v) is 2.01. The van der Waals surface area contributed by atoms with Gasteiger partial charge >= 0.3 is 11.9 Å². The van der Waals surface area contributed by atoms with Gasteiger partial charge in [-0.25, -0.2) is 0 Å². The van der Waals surface area contributed by atoms with Gasteiger partial charge in [-0.15, -0.1) is 12.6 Å². The summed E-state index contributed by atoms with van der Waals surface area (Å²) in [5.74, 6) is -3.37. The predicted molar refractivity (Wildman–Crippen MR) is 42.0 cm³/mol. The topological polar surface area (TPSA) is 91.7 Å². The van der Waals surface area contributed by atoms with Crippen LogP contribution in [0, 0.1) is 5.41 Å². The van der Waals surface area contributed by atoms with Gasteiger partial charge in [0.2, 0.25) is 10.5 Å². The first kappa shape index (κ1) is 11.0. The van der Waals surface area contributed by atoms with Crippen molar-refractivity contribution in [1.82, 2.24) is 0 Å². The molecule has 0 heterocycles. The molecule has 0 amide bonds. The van der Waals surface area contributed by atoms with Crippen molar-refractivity contribution in [3.05, 3.63) is 0 Å². The molecule has 0 radical (unpaired) electrons. The normalized spacial score (nSPS) is 10.8. The average Bonchev–Trinajstić information content (AvgIpc) is 1.86. The molecule has 0 aliphatic carbocycles. The van der Waals surface area contributed by atoms with E-state index in [2.05, 4.69) is 12.6 Å². The van der Waals surface area contributed by atoms with Crippen LogP contribution in [-0.2, 0) is 14.4 Å². The monoisotopic (exact) mass is 192 g/mol. The van der Waals surface area contributed by atoms with Crippen molar-refractivity contribution in [1.29, 1.82) is 0 Å². The van der Waals surface area contributed by atoms with Crippen LogP contribution >= 0.6 is 12.6 Å². The highest BCUT2D eigenvalue weighted by atomic mass is 32.1. The Morgan fingerprint density at radius 1 is 1.25 bits per heavy atom. The number of carboxylic acid groups (broad SMARTS) is 2. The third kappa shape index (κ3) is 1.42. The van der Waals surface area contributed by atoms with E-state index >= 15 is 0 Å². The highest BCUT2D eigenvalue weighted by Gasteiger charge is 2.50. The van der Waals surface area contributed by atoms with Gasteiger partial charge in [0.05, 0.1) is 0 Å². The zero-order valence-electron chi connectivity index (χ0n) is 6.27. The van der Waals surface area contributed by atoms with Gasteiger partial charge in [0.25, 0.3) is 0 Å². The Hall–Kier alpha value is -1.04. The maximum absolute atomic E-state index is 10.7. The molecule has 5 nitrogen and oxygen atoms in total. The summed E-state index contributed by atoms with van der Waals surface area (Å²) in [6, 6.07) is 0. The molecule has 6 heteroatoms. The van der Waals surface area contributed by atoms with Crippen molar-refractivity contribution in [3.8, 4) is 0 Å². The molecule has 0 aliphatic rings. The van der Waals surface area contributed by atoms with Crippen LogP contribution < -0.4 is 0 Å². The smallest absolute Gasteiger partial charge is 0.329 e. The van der Waals surface area contributed by atoms with Gasteiger partial charge in [0, 0.05) is 0 Å². The van der Waals surface area contributed by atoms with Crippen LogP contribution in [0.1, 0.15) is 13.3 Å². The molecule has 0 aromatic rings. The van der Waals surface area contributed by atoms with E-state index in [4.69, 9.17) is 10.2 Å². The first-order chi connectivity index (χ1) is 5.39. The fraction of sp³-hybridized carbons (Fsp3) is 0.500. The third-order valence-electron chi connectivity index (χ3n) is 1.63. The highest BCUT2D eigenvalue weighted by molar-refractivity contribution is 7.96. The lowest BCUT2D eigenvalue weighted by Gasteiger charge is -2.18. The summed E-state index contributed by atoms with van der Waals surface area (Å²) in [6.45, 7) is 1.30. The van der Waals surface area contributed by atoms with Crippen molar-refractivity contribution in [2.45, 2.75) is 13.3 Å². The lowest BCUT2D eigenvalue weighted by atomic mass is 9.87. The summed E-state index contributed by atoms with van der Waals surface area (Å²) >= 11 is 3.24. The molecule has 0 unspecified atom stereocenters. The van der Waals surface area contributed by atoms with Gasteiger partial charge in [0.15, 0.2) is 0 Å². The zero-order chi connectivity index (χ0) is 9.94. The molecule has 0 fully saturated rings. The minimum atomic E-state index is -2.40. The average molecular weight is 192 g/mol. The Kier molecular flexibility index (Phi) is 3.26. The van der Waals surface area contributed by atoms with Crippen molar-refractivity contribution < 1.29 is 24.6 Å². The SMILES string of the molecule is CCC(C(=O)O)(C(=O)O)C(=O)S. The largest absolute Gasteiger partial charge is 0.480 e. The van der Waals surface area contributed by atoms with E-state index in [1.54, 1.807) is 0 Å². The summed E-state index contributed by atoms with van der Waals surface area (Å²) in [7, 11) is 0. The number of hydrogen-bond donors (Lipinski definition) is 3. The van der Waals surface area contributed by atoms with E-state index in [9.17, 15) is 14.4 Å². The Morgan fingerprint density at radius 2 is 1.58 bits per heavy atom. The second-order valence-corrected chi connectivity index (χ2v) is 2.58. The molecule has 0 saturated carbocycles. The second-order valence-electron chi connectivity index (χ2n) is 2.17. The molecule has 12 heavy (non-hydrogen) atoms. The molecule has 0 atom stereocenters. The highest BCUT2D eigenvalue weighted by Crippen LogP contribution is 2.25. The molecule has 0 aromatic carbocycles. The molecule has 2 N–H and O–H groups in total. The van der Waals surface area contributed by atoms with Crippen LogP contribution in [0.3, 0.4) is 0 Å². The van der Waals surface area contributed by atoms with Crippen molar-refractivity contribution >= 4 is 29.7 Å². The van der Waals surface area contributed by atoms with E-state index in [1.807, 2.05) is 0 Å². The van der Waals surface area contributed by atoms with Crippen LogP contribution in [0.5, 0.6) is 0 Å². The Bertz CT molecular complexity index is 198. The van der Waals surface area contributed by atoms with Crippen LogP contribution in [0.15, 0.2) is 0 Å². The van der Waals surface area contributed by atoms with E-state index in [-0.39, 0.29) is 6.42 Å². The number of carboxylic acids is 2. The van der Waals surface area contributed by atoms with Crippen molar-refractivity contribution in [2.24, 2.45) is 5.41 Å². The predicted octanol–water partition coefficient (Wildman–Crippen LogP) is 0.00840. The number of aliphatic carboxylic acids is 2. The zero-order valence-corrected chi connectivity index (χ0v) is 7.17. The molecule has 0 rings (SSSR count). The summed E-state index contributed by atoms with van der Waals surface area (Å²) in [6.07, 6.45) is -0.319. The van der Waals surface area contributed by atoms with Gasteiger partial charge in [-0.1, -0.05) is 6.92 Å². The number of carbonyl (C=O) groups is 3. The van der Waals surface area contributed by atoms with Crippen molar-refractivity contribution in [3.63, 3.8) is 0 Å². The van der Waals surface area contributed by atoms with Crippen LogP contribution in [-0.4, -0.2) is 27.3 Å². The fourth-order valence-electron chi connectivity index (χ4n) is 0.728. The number of carbonyl (C=O) groups excluding carboxylic acids is 1. The van der Waals surface area contributed by atoms with E-state index < -0.39 is 22.5 Å². The van der Waals surface area contributed by atoms with Crippen molar-refractivity contribution in [2.75, 3.05) is 0 Å². The maximum Gasteiger partial charge on any atom is 0.329 e. The number of thiol groups is 1. The first-order valence-electron chi connectivity index (χ1n) is 3.09. The molecule has 68 valence electrons. The standard InChI is InChI=1S/C6H8O5S/c1-2-6(3(7)8,4(9)10)5(11)12/h2H2,1H3,(H,7,8)(H,9,10)(H,11,12). The molecule has 0 saturated heterocycles. The lowest BCUT2D eigenvalue weighted by Crippen LogP contribution is -2.43. The first-order valence-corrected chi connectivity index (χ1v) is 3.54. The van der Waals surface area contributed by atoms with Crippen LogP contribution in [0.4, 0.5) is 0 Å². The summed E-state index contributed by atoms with van der Waals surface area (Å²) in [5, 5.41) is 15.9. The Balaban J connectivity index is 5.19. The molecular weight excluding hydrogens is 184 g/mol. The van der Waals surface area contributed by atoms with E-state index in [0.29, 0.717) is 0 Å². The minimum absolute atomic E-state index is 0.319. The Labute approximate surface area is 73.8 Å². The van der Waals surface area contributed by atoms with Gasteiger partial charge in [-0.2, -0.15) is 0 Å². The molecule has 0 aliphatic heterocycles. The van der Waals surface area contributed by atoms with Gasteiger partial charge in [-0.3, -0.25) is 14.4 Å². The fourth-order valence-corrected chi connectivity index (χ4v) is 1.08. The number of hydrogen-bond acceptors (Lipinski definition) is 3. The molecule has 0 spiro atoms. The second kappa shape index (κ2) is 3.57. The van der Waals surface area contributed by atoms with Crippen LogP contribution in [0.2, 0.25) is 0 Å². The summed E-state index contributed by atoms with van der Waals surface area (Å²) in [4.78, 5) is 31.7. The summed E-state index contributed by atoms with van der Waals surface area (Å²) in [5.41, 5.74) is -2.40. The van der Waals surface area contributed by atoms with Crippen LogP contribution in [0.25, 0.3) is 0 Å². The van der Waals surface area contributed by atoms with E-state index in [1.165, 1.54) is 6.92 Å². The Morgan fingerprint density at radius 3 is 1.58 bits per heavy atom. The lowest BCUT2D eigenvalue weighted by molar-refractivity contribution is -0.166. The van der Waals surface area contributed by atoms with E-state index in [0.717, 1.165) is 0 Å². The van der Waals surface area contributed by atoms with Gasteiger partial charge < -0.3 is 10.2 Å². The summed E-state index contributed by atoms with van der Waals surface area (Å²) < 4.78 is 0. The maximum atomic E-state index is 10.7. The quantitative estimate of drug-likeness (QED) is 0.431.